The van der Waals surface area contributed by atoms with Gasteiger partial charge in [-0.2, -0.15) is 0 Å². The fourth-order valence-electron chi connectivity index (χ4n) is 2.06. The molecule has 4 atom stereocenters. The van der Waals surface area contributed by atoms with Crippen molar-refractivity contribution in [1.82, 2.24) is 4.90 Å². The molecule has 0 saturated heterocycles. The van der Waals surface area contributed by atoms with Crippen LogP contribution in [0.5, 0.6) is 5.75 Å². The van der Waals surface area contributed by atoms with Crippen molar-refractivity contribution in [3.63, 3.8) is 0 Å². The second kappa shape index (κ2) is 10.1. The molecule has 24 heavy (non-hydrogen) atoms. The molecule has 0 saturated carbocycles. The molecule has 0 aromatic heterocycles. The van der Waals surface area contributed by atoms with Crippen molar-refractivity contribution in [3.8, 4) is 5.75 Å². The van der Waals surface area contributed by atoms with Gasteiger partial charge in [0.05, 0.1) is 13.7 Å². The molecule has 0 amide bonds. The maximum Gasteiger partial charge on any atom is 0.133 e. The zero-order valence-corrected chi connectivity index (χ0v) is 14.9. The topological polar surface area (TPSA) is 114 Å². The van der Waals surface area contributed by atoms with E-state index in [9.17, 15) is 20.4 Å². The smallest absolute Gasteiger partial charge is 0.133 e. The number of hydrogen-bond donors (Lipinski definition) is 6. The van der Waals surface area contributed by atoms with Crippen LogP contribution in [0.3, 0.4) is 0 Å². The van der Waals surface area contributed by atoms with Crippen LogP contribution >= 0.6 is 24.8 Å². The lowest BCUT2D eigenvalue weighted by Gasteiger charge is -2.30. The van der Waals surface area contributed by atoms with Gasteiger partial charge in [0.2, 0.25) is 0 Å². The Labute approximate surface area is 151 Å². The van der Waals surface area contributed by atoms with Gasteiger partial charge in [0.15, 0.2) is 0 Å². The highest BCUT2D eigenvalue weighted by Gasteiger charge is 2.31. The zero-order valence-electron chi connectivity index (χ0n) is 13.2. The number of aliphatic hydroxyl groups is 5. The summed E-state index contributed by atoms with van der Waals surface area (Å²) >= 11 is 9.13. The molecule has 1 rings (SSSR count). The molecule has 0 aliphatic rings. The number of rotatable bonds is 9. The summed E-state index contributed by atoms with van der Waals surface area (Å²) < 4.78 is 5.28. The molecule has 5 N–H and O–H groups in total. The molecule has 0 fully saturated rings. The summed E-state index contributed by atoms with van der Waals surface area (Å²) in [6, 6.07) is 7.21. The Hall–Kier alpha value is -0.940. The minimum atomic E-state index is -1.68. The predicted molar refractivity (Wildman–Crippen MR) is 96.1 cm³/mol. The first-order valence-electron chi connectivity index (χ1n) is 7.24. The molecule has 0 radical (unpaired) electrons. The first-order valence-corrected chi connectivity index (χ1v) is 8.09. The van der Waals surface area contributed by atoms with Crippen LogP contribution in [-0.2, 0) is 6.54 Å². The lowest BCUT2D eigenvalue weighted by atomic mass is 10.0. The lowest BCUT2D eigenvalue weighted by molar-refractivity contribution is -0.117. The Morgan fingerprint density at radius 3 is 2.12 bits per heavy atom. The van der Waals surface area contributed by atoms with Crippen molar-refractivity contribution in [2.75, 3.05) is 20.3 Å². The molecule has 7 nitrogen and oxygen atoms in total. The molecule has 0 aliphatic carbocycles. The second-order valence-electron chi connectivity index (χ2n) is 5.31. The van der Waals surface area contributed by atoms with Crippen molar-refractivity contribution in [2.45, 2.75) is 31.0 Å². The molecule has 0 bridgehead atoms. The summed E-state index contributed by atoms with van der Waals surface area (Å²) in [5.74, 6) is 0.704. The third-order valence-electron chi connectivity index (χ3n) is 3.54. The van der Waals surface area contributed by atoms with E-state index in [-0.39, 0.29) is 10.9 Å². The summed E-state index contributed by atoms with van der Waals surface area (Å²) in [6.07, 6.45) is -6.27. The third-order valence-corrected chi connectivity index (χ3v) is 4.08. The van der Waals surface area contributed by atoms with E-state index in [1.165, 1.54) is 4.90 Å². The maximum atomic E-state index is 10.1. The summed E-state index contributed by atoms with van der Waals surface area (Å²) in [6.45, 7) is -0.509. The van der Waals surface area contributed by atoms with Gasteiger partial charge in [0.1, 0.15) is 34.5 Å². The predicted octanol–water partition coefficient (Wildman–Crippen LogP) is -0.852. The largest absolute Gasteiger partial charge is 0.497 e. The minimum Gasteiger partial charge on any atom is -0.497 e. The first kappa shape index (κ1) is 21.1. The van der Waals surface area contributed by atoms with Crippen LogP contribution in [0.4, 0.5) is 0 Å². The number of nitrogens with zero attached hydrogens (tertiary/aromatic N) is 1. The number of thiol groups is 1. The van der Waals surface area contributed by atoms with E-state index in [1.807, 2.05) is 12.1 Å². The zero-order chi connectivity index (χ0) is 18.3. The van der Waals surface area contributed by atoms with Crippen molar-refractivity contribution in [2.24, 2.45) is 0 Å². The van der Waals surface area contributed by atoms with Gasteiger partial charge in [-0.25, -0.2) is 0 Å². The van der Waals surface area contributed by atoms with E-state index in [2.05, 4.69) is 12.6 Å². The Morgan fingerprint density at radius 2 is 1.67 bits per heavy atom. The van der Waals surface area contributed by atoms with Crippen LogP contribution in [-0.4, -0.2) is 79.4 Å². The van der Waals surface area contributed by atoms with Crippen LogP contribution < -0.4 is 4.74 Å². The number of benzene rings is 1. The van der Waals surface area contributed by atoms with Crippen molar-refractivity contribution in [3.05, 3.63) is 29.8 Å². The van der Waals surface area contributed by atoms with Gasteiger partial charge in [0.25, 0.3) is 0 Å². The Bertz CT molecular complexity index is 515. The van der Waals surface area contributed by atoms with E-state index >= 15 is 0 Å². The summed E-state index contributed by atoms with van der Waals surface area (Å²) in [5.41, 5.74) is 0.879. The summed E-state index contributed by atoms with van der Waals surface area (Å²) in [4.78, 5) is 1.53. The highest BCUT2D eigenvalue weighted by molar-refractivity contribution is 8.10. The molecular weight excluding hydrogens is 354 g/mol. The van der Waals surface area contributed by atoms with Crippen LogP contribution in [0.1, 0.15) is 5.56 Å². The molecule has 4 unspecified atom stereocenters. The van der Waals surface area contributed by atoms with E-state index in [0.29, 0.717) is 12.3 Å². The molecule has 0 spiro atoms. The molecular formula is C15H23NO6S2. The SMILES string of the molecule is COc1ccc(CN(CC(O)C(O)C(O)C(O)CO)C(=S)S)cc1. The van der Waals surface area contributed by atoms with E-state index in [4.69, 9.17) is 22.1 Å². The highest BCUT2D eigenvalue weighted by Crippen LogP contribution is 2.15. The molecule has 0 heterocycles. The van der Waals surface area contributed by atoms with Gasteiger partial charge in [-0.3, -0.25) is 0 Å². The van der Waals surface area contributed by atoms with E-state index < -0.39 is 31.0 Å². The standard InChI is InChI=1S/C15H23NO6S2/c1-22-10-4-2-9(3-5-10)6-16(15(23)24)7-11(18)13(20)14(21)12(19)8-17/h2-5,11-14,17-21H,6-8H2,1H3,(H,23,24). The van der Waals surface area contributed by atoms with Crippen molar-refractivity contribution < 1.29 is 30.3 Å². The van der Waals surface area contributed by atoms with Crippen molar-refractivity contribution in [1.29, 1.82) is 0 Å². The number of hydrogen-bond acceptors (Lipinski definition) is 7. The molecule has 1 aromatic rings. The Balaban J connectivity index is 2.72. The number of aliphatic hydroxyl groups excluding tert-OH is 5. The summed E-state index contributed by atoms with van der Waals surface area (Å²) in [7, 11) is 1.56. The third kappa shape index (κ3) is 6.17. The van der Waals surface area contributed by atoms with E-state index in [0.717, 1.165) is 5.56 Å². The normalized spacial score (nSPS) is 16.1. The van der Waals surface area contributed by atoms with Gasteiger partial charge in [0, 0.05) is 13.1 Å². The summed E-state index contributed by atoms with van der Waals surface area (Å²) in [5, 5.41) is 47.7. The van der Waals surface area contributed by atoms with Crippen LogP contribution in [0.2, 0.25) is 0 Å². The number of methoxy groups -OCH3 is 1. The fourth-order valence-corrected chi connectivity index (χ4v) is 2.35. The monoisotopic (exact) mass is 377 g/mol. The van der Waals surface area contributed by atoms with Gasteiger partial charge >= 0.3 is 0 Å². The van der Waals surface area contributed by atoms with Gasteiger partial charge in [-0.05, 0) is 17.7 Å². The van der Waals surface area contributed by atoms with Gasteiger partial charge in [-0.15, -0.1) is 12.6 Å². The number of thiocarbonyl (C=S) groups is 1. The fraction of sp³-hybridized carbons (Fsp3) is 0.533. The average molecular weight is 377 g/mol. The lowest BCUT2D eigenvalue weighted by Crippen LogP contribution is -2.49. The Morgan fingerprint density at radius 1 is 1.12 bits per heavy atom. The van der Waals surface area contributed by atoms with Crippen LogP contribution in [0, 0.1) is 0 Å². The maximum absolute atomic E-state index is 10.1. The van der Waals surface area contributed by atoms with Crippen LogP contribution in [0.25, 0.3) is 0 Å². The molecule has 0 aliphatic heterocycles. The first-order chi connectivity index (χ1) is 11.3. The van der Waals surface area contributed by atoms with Gasteiger partial charge < -0.3 is 35.2 Å². The van der Waals surface area contributed by atoms with Gasteiger partial charge in [-0.1, -0.05) is 24.4 Å². The molecule has 9 heteroatoms. The van der Waals surface area contributed by atoms with E-state index in [1.54, 1.807) is 19.2 Å². The minimum absolute atomic E-state index is 0.106. The molecule has 1 aromatic carbocycles. The molecule has 136 valence electrons. The second-order valence-corrected chi connectivity index (χ2v) is 6.42. The average Bonchev–Trinajstić information content (AvgIpc) is 2.59. The van der Waals surface area contributed by atoms with Crippen LogP contribution in [0.15, 0.2) is 24.3 Å². The number of ether oxygens (including phenoxy) is 1. The van der Waals surface area contributed by atoms with Crippen molar-refractivity contribution >= 4 is 29.2 Å². The highest BCUT2D eigenvalue weighted by atomic mass is 32.1. The Kier molecular flexibility index (Phi) is 8.92. The quantitative estimate of drug-likeness (QED) is 0.244.